The summed E-state index contributed by atoms with van der Waals surface area (Å²) in [5.74, 6) is 0.725. The van der Waals surface area contributed by atoms with Crippen LogP contribution in [0.25, 0.3) is 5.82 Å². The highest BCUT2D eigenvalue weighted by Gasteiger charge is 2.22. The van der Waals surface area contributed by atoms with Gasteiger partial charge in [-0.05, 0) is 48.4 Å². The summed E-state index contributed by atoms with van der Waals surface area (Å²) in [7, 11) is -3.66. The van der Waals surface area contributed by atoms with Crippen molar-refractivity contribution in [2.24, 2.45) is 0 Å². The molecular weight excluding hydrogens is 378 g/mol. The molecule has 0 atom stereocenters. The zero-order chi connectivity index (χ0) is 19.6. The molecule has 144 valence electrons. The molecule has 1 saturated heterocycles. The number of pyridine rings is 1. The fourth-order valence-electron chi connectivity index (χ4n) is 3.05. The summed E-state index contributed by atoms with van der Waals surface area (Å²) in [5, 5.41) is 4.10. The van der Waals surface area contributed by atoms with Crippen molar-refractivity contribution in [2.75, 3.05) is 11.4 Å². The monoisotopic (exact) mass is 397 g/mol. The molecule has 2 aromatic heterocycles. The SMILES string of the molecule is O=C1CCCN1c1ccc(S(=O)(=O)NCc2ccc(-n3cccn3)nc2)cc1. The first-order valence-electron chi connectivity index (χ1n) is 8.88. The third-order valence-corrected chi connectivity index (χ3v) is 5.96. The lowest BCUT2D eigenvalue weighted by Gasteiger charge is -2.16. The van der Waals surface area contributed by atoms with Crippen LogP contribution in [-0.2, 0) is 21.4 Å². The fraction of sp³-hybridized carbons (Fsp3) is 0.211. The van der Waals surface area contributed by atoms with E-state index < -0.39 is 10.0 Å². The molecule has 0 saturated carbocycles. The molecule has 1 amide bonds. The molecular formula is C19H19N5O3S. The van der Waals surface area contributed by atoms with E-state index >= 15 is 0 Å². The van der Waals surface area contributed by atoms with Crippen molar-refractivity contribution in [2.45, 2.75) is 24.3 Å². The van der Waals surface area contributed by atoms with Crippen molar-refractivity contribution in [1.29, 1.82) is 0 Å². The Kier molecular flexibility index (Phi) is 4.93. The highest BCUT2D eigenvalue weighted by molar-refractivity contribution is 7.89. The van der Waals surface area contributed by atoms with Crippen molar-refractivity contribution in [3.05, 3.63) is 66.6 Å². The van der Waals surface area contributed by atoms with E-state index in [-0.39, 0.29) is 17.3 Å². The number of carbonyl (C=O) groups excluding carboxylic acids is 1. The molecule has 0 spiro atoms. The van der Waals surface area contributed by atoms with E-state index in [0.29, 0.717) is 18.8 Å². The minimum Gasteiger partial charge on any atom is -0.312 e. The van der Waals surface area contributed by atoms with Crippen molar-refractivity contribution in [3.63, 3.8) is 0 Å². The summed E-state index contributed by atoms with van der Waals surface area (Å²) in [5.41, 5.74) is 1.46. The Labute approximate surface area is 162 Å². The quantitative estimate of drug-likeness (QED) is 0.685. The summed E-state index contributed by atoms with van der Waals surface area (Å²) in [4.78, 5) is 17.9. The van der Waals surface area contributed by atoms with E-state index in [1.807, 2.05) is 0 Å². The molecule has 28 heavy (non-hydrogen) atoms. The number of rotatable bonds is 6. The van der Waals surface area contributed by atoms with Gasteiger partial charge in [-0.2, -0.15) is 5.10 Å². The highest BCUT2D eigenvalue weighted by Crippen LogP contribution is 2.23. The second-order valence-electron chi connectivity index (χ2n) is 6.44. The van der Waals surface area contributed by atoms with Gasteiger partial charge >= 0.3 is 0 Å². The topological polar surface area (TPSA) is 97.2 Å². The predicted octanol–water partition coefficient (Wildman–Crippen LogP) is 1.87. The van der Waals surface area contributed by atoms with Crippen LogP contribution >= 0.6 is 0 Å². The van der Waals surface area contributed by atoms with E-state index in [1.54, 1.807) is 58.5 Å². The minimum absolute atomic E-state index is 0.0693. The number of carbonyl (C=O) groups is 1. The number of aromatic nitrogens is 3. The lowest BCUT2D eigenvalue weighted by Crippen LogP contribution is -2.25. The summed E-state index contributed by atoms with van der Waals surface area (Å²) in [6.45, 7) is 0.797. The molecule has 1 aliphatic heterocycles. The predicted molar refractivity (Wildman–Crippen MR) is 103 cm³/mol. The van der Waals surface area contributed by atoms with Gasteiger partial charge in [0.05, 0.1) is 4.90 Å². The average molecular weight is 397 g/mol. The Morgan fingerprint density at radius 1 is 1.11 bits per heavy atom. The molecule has 3 aromatic rings. The standard InChI is InChI=1S/C19H19N5O3S/c25-19-3-1-11-23(19)16-5-7-17(8-6-16)28(26,27)22-14-15-4-9-18(20-13-15)24-12-2-10-21-24/h2,4-10,12-13,22H,1,3,11,14H2. The number of amides is 1. The van der Waals surface area contributed by atoms with Gasteiger partial charge in [-0.15, -0.1) is 0 Å². The van der Waals surface area contributed by atoms with Crippen LogP contribution < -0.4 is 9.62 Å². The maximum absolute atomic E-state index is 12.5. The molecule has 1 fully saturated rings. The van der Waals surface area contributed by atoms with Crippen LogP contribution in [0.5, 0.6) is 0 Å². The van der Waals surface area contributed by atoms with Crippen LogP contribution in [0.4, 0.5) is 5.69 Å². The van der Waals surface area contributed by atoms with E-state index in [1.165, 1.54) is 12.1 Å². The van der Waals surface area contributed by atoms with Crippen molar-refractivity contribution < 1.29 is 13.2 Å². The van der Waals surface area contributed by atoms with Gasteiger partial charge in [-0.1, -0.05) is 6.07 Å². The summed E-state index contributed by atoms with van der Waals surface area (Å²) in [6.07, 6.45) is 6.42. The zero-order valence-electron chi connectivity index (χ0n) is 15.0. The first-order chi connectivity index (χ1) is 13.5. The third-order valence-electron chi connectivity index (χ3n) is 4.55. The van der Waals surface area contributed by atoms with E-state index in [0.717, 1.165) is 17.7 Å². The number of anilines is 1. The number of nitrogens with zero attached hydrogens (tertiary/aromatic N) is 4. The van der Waals surface area contributed by atoms with Crippen LogP contribution in [0.3, 0.4) is 0 Å². The maximum Gasteiger partial charge on any atom is 0.240 e. The average Bonchev–Trinajstić information content (AvgIpc) is 3.39. The van der Waals surface area contributed by atoms with E-state index in [4.69, 9.17) is 0 Å². The number of nitrogens with one attached hydrogen (secondary N) is 1. The summed E-state index contributed by atoms with van der Waals surface area (Å²) >= 11 is 0. The first kappa shape index (κ1) is 18.3. The number of hydrogen-bond acceptors (Lipinski definition) is 5. The molecule has 8 nitrogen and oxygen atoms in total. The van der Waals surface area contributed by atoms with Gasteiger partial charge in [0, 0.05) is 43.8 Å². The molecule has 0 bridgehead atoms. The molecule has 1 aliphatic rings. The first-order valence-corrected chi connectivity index (χ1v) is 10.4. The number of hydrogen-bond donors (Lipinski definition) is 1. The van der Waals surface area contributed by atoms with Crippen molar-refractivity contribution in [1.82, 2.24) is 19.5 Å². The molecule has 9 heteroatoms. The van der Waals surface area contributed by atoms with Crippen LogP contribution in [0.1, 0.15) is 18.4 Å². The second-order valence-corrected chi connectivity index (χ2v) is 8.21. The third kappa shape index (κ3) is 3.80. The van der Waals surface area contributed by atoms with E-state index in [2.05, 4.69) is 14.8 Å². The van der Waals surface area contributed by atoms with Gasteiger partial charge in [0.1, 0.15) is 0 Å². The largest absolute Gasteiger partial charge is 0.312 e. The Morgan fingerprint density at radius 3 is 2.54 bits per heavy atom. The zero-order valence-corrected chi connectivity index (χ0v) is 15.8. The lowest BCUT2D eigenvalue weighted by molar-refractivity contribution is -0.117. The van der Waals surface area contributed by atoms with Crippen LogP contribution in [0.2, 0.25) is 0 Å². The molecule has 3 heterocycles. The normalized spacial score (nSPS) is 14.6. The second kappa shape index (κ2) is 7.53. The smallest absolute Gasteiger partial charge is 0.240 e. The van der Waals surface area contributed by atoms with Gasteiger partial charge < -0.3 is 4.90 Å². The summed E-state index contributed by atoms with van der Waals surface area (Å²) in [6, 6.07) is 11.7. The lowest BCUT2D eigenvalue weighted by atomic mass is 10.3. The van der Waals surface area contributed by atoms with Crippen molar-refractivity contribution in [3.8, 4) is 5.82 Å². The Bertz CT molecular complexity index is 1060. The number of sulfonamides is 1. The van der Waals surface area contributed by atoms with Crippen LogP contribution in [-0.4, -0.2) is 35.6 Å². The van der Waals surface area contributed by atoms with E-state index in [9.17, 15) is 13.2 Å². The molecule has 0 unspecified atom stereocenters. The molecule has 4 rings (SSSR count). The molecule has 1 aromatic carbocycles. The molecule has 0 radical (unpaired) electrons. The van der Waals surface area contributed by atoms with Gasteiger partial charge in [0.25, 0.3) is 0 Å². The Morgan fingerprint density at radius 2 is 1.93 bits per heavy atom. The molecule has 0 aliphatic carbocycles. The van der Waals surface area contributed by atoms with Gasteiger partial charge in [0.2, 0.25) is 15.9 Å². The maximum atomic E-state index is 12.5. The number of benzene rings is 1. The van der Waals surface area contributed by atoms with Gasteiger partial charge in [-0.3, -0.25) is 4.79 Å². The minimum atomic E-state index is -3.66. The van der Waals surface area contributed by atoms with Crippen LogP contribution in [0.15, 0.2) is 66.0 Å². The highest BCUT2D eigenvalue weighted by atomic mass is 32.2. The fourth-order valence-corrected chi connectivity index (χ4v) is 4.07. The molecule has 1 N–H and O–H groups in total. The summed E-state index contributed by atoms with van der Waals surface area (Å²) < 4.78 is 29.3. The van der Waals surface area contributed by atoms with Gasteiger partial charge in [0.15, 0.2) is 5.82 Å². The van der Waals surface area contributed by atoms with Crippen molar-refractivity contribution >= 4 is 21.6 Å². The van der Waals surface area contributed by atoms with Gasteiger partial charge in [-0.25, -0.2) is 22.8 Å². The van der Waals surface area contributed by atoms with Crippen LogP contribution in [0, 0.1) is 0 Å². The Balaban J connectivity index is 1.42. The Hall–Kier alpha value is -3.04.